The highest BCUT2D eigenvalue weighted by molar-refractivity contribution is 8.01. The Morgan fingerprint density at radius 2 is 1.88 bits per heavy atom. The number of benzene rings is 1. The smallest absolute Gasteiger partial charge is 0.416 e. The SMILES string of the molecule is CC(=O)c1c(C)[nH]c(C(=O)COC(=O)CC2Sc3ccc(C(F)(F)F)cc3NC2=O)c1C. The van der Waals surface area contributed by atoms with Crippen molar-refractivity contribution in [1.82, 2.24) is 4.98 Å². The number of fused-ring (bicyclic) bond motifs is 1. The predicted molar refractivity (Wildman–Crippen MR) is 110 cm³/mol. The zero-order valence-electron chi connectivity index (χ0n) is 17.3. The van der Waals surface area contributed by atoms with Gasteiger partial charge in [-0.15, -0.1) is 11.8 Å². The van der Waals surface area contributed by atoms with Gasteiger partial charge in [0.05, 0.1) is 28.6 Å². The summed E-state index contributed by atoms with van der Waals surface area (Å²) < 4.78 is 43.5. The lowest BCUT2D eigenvalue weighted by atomic mass is 10.1. The van der Waals surface area contributed by atoms with Crippen LogP contribution in [0.2, 0.25) is 0 Å². The number of esters is 1. The van der Waals surface area contributed by atoms with E-state index in [-0.39, 0.29) is 23.6 Å². The number of rotatable bonds is 6. The van der Waals surface area contributed by atoms with Crippen molar-refractivity contribution in [2.45, 2.75) is 43.5 Å². The van der Waals surface area contributed by atoms with Crippen LogP contribution >= 0.6 is 11.8 Å². The molecule has 11 heteroatoms. The minimum atomic E-state index is -4.54. The molecule has 1 unspecified atom stereocenters. The Kier molecular flexibility index (Phi) is 6.49. The normalized spacial score (nSPS) is 15.7. The van der Waals surface area contributed by atoms with Crippen LogP contribution in [0.3, 0.4) is 0 Å². The number of aromatic amines is 1. The van der Waals surface area contributed by atoms with Crippen molar-refractivity contribution in [3.8, 4) is 0 Å². The molecule has 0 bridgehead atoms. The van der Waals surface area contributed by atoms with Gasteiger partial charge in [0.2, 0.25) is 11.7 Å². The van der Waals surface area contributed by atoms with Gasteiger partial charge in [0, 0.05) is 16.2 Å². The van der Waals surface area contributed by atoms with E-state index in [2.05, 4.69) is 10.3 Å². The van der Waals surface area contributed by atoms with Gasteiger partial charge in [-0.05, 0) is 44.5 Å². The summed E-state index contributed by atoms with van der Waals surface area (Å²) in [4.78, 5) is 51.7. The van der Waals surface area contributed by atoms with Crippen molar-refractivity contribution >= 4 is 40.9 Å². The van der Waals surface area contributed by atoms with E-state index < -0.39 is 41.3 Å². The number of alkyl halides is 3. The summed E-state index contributed by atoms with van der Waals surface area (Å²) in [6.45, 7) is 4.06. The van der Waals surface area contributed by atoms with E-state index in [9.17, 15) is 32.3 Å². The van der Waals surface area contributed by atoms with Gasteiger partial charge >= 0.3 is 12.1 Å². The molecule has 1 atom stereocenters. The van der Waals surface area contributed by atoms with Gasteiger partial charge in [0.25, 0.3) is 0 Å². The van der Waals surface area contributed by atoms with Crippen molar-refractivity contribution in [3.05, 3.63) is 46.3 Å². The van der Waals surface area contributed by atoms with Crippen LogP contribution < -0.4 is 5.32 Å². The Morgan fingerprint density at radius 3 is 2.47 bits per heavy atom. The molecule has 170 valence electrons. The first-order chi connectivity index (χ1) is 14.9. The second kappa shape index (κ2) is 8.81. The molecular formula is C21H19F3N2O5S. The lowest BCUT2D eigenvalue weighted by Crippen LogP contribution is -2.32. The monoisotopic (exact) mass is 468 g/mol. The van der Waals surface area contributed by atoms with Crippen LogP contribution in [0.25, 0.3) is 0 Å². The maximum absolute atomic E-state index is 12.8. The van der Waals surface area contributed by atoms with Crippen molar-refractivity contribution in [1.29, 1.82) is 0 Å². The second-order valence-electron chi connectivity index (χ2n) is 7.27. The molecule has 1 aromatic heterocycles. The molecule has 2 aromatic rings. The first-order valence-electron chi connectivity index (χ1n) is 9.46. The molecule has 1 aliphatic rings. The lowest BCUT2D eigenvalue weighted by molar-refractivity contribution is -0.143. The van der Waals surface area contributed by atoms with Gasteiger partial charge < -0.3 is 15.0 Å². The number of hydrogen-bond acceptors (Lipinski definition) is 6. The Hall–Kier alpha value is -3.08. The fourth-order valence-electron chi connectivity index (χ4n) is 3.45. The average molecular weight is 468 g/mol. The number of Topliss-reactive ketones (excluding diaryl/α,β-unsaturated/α-hetero) is 2. The van der Waals surface area contributed by atoms with E-state index in [4.69, 9.17) is 4.74 Å². The minimum absolute atomic E-state index is 0.0217. The highest BCUT2D eigenvalue weighted by Crippen LogP contribution is 2.40. The molecule has 1 aromatic carbocycles. The summed E-state index contributed by atoms with van der Waals surface area (Å²) in [6.07, 6.45) is -4.91. The zero-order chi connectivity index (χ0) is 23.8. The number of thioether (sulfide) groups is 1. The maximum Gasteiger partial charge on any atom is 0.416 e. The molecule has 1 amide bonds. The number of nitrogens with one attached hydrogen (secondary N) is 2. The number of hydrogen-bond donors (Lipinski definition) is 2. The molecule has 0 spiro atoms. The first kappa shape index (κ1) is 23.6. The van der Waals surface area contributed by atoms with E-state index in [1.807, 2.05) is 0 Å². The molecule has 3 rings (SSSR count). The fraction of sp³-hybridized carbons (Fsp3) is 0.333. The summed E-state index contributed by atoms with van der Waals surface area (Å²) in [5.41, 5.74) is 0.701. The number of amides is 1. The second-order valence-corrected chi connectivity index (χ2v) is 8.52. The molecule has 7 nitrogen and oxygen atoms in total. The van der Waals surface area contributed by atoms with Crippen molar-refractivity contribution < 1.29 is 37.1 Å². The highest BCUT2D eigenvalue weighted by Gasteiger charge is 2.34. The molecular weight excluding hydrogens is 449 g/mol. The quantitative estimate of drug-likeness (QED) is 0.489. The Balaban J connectivity index is 1.61. The molecule has 0 saturated heterocycles. The third-order valence-corrected chi connectivity index (χ3v) is 6.19. The standard InChI is InChI=1S/C21H19F3N2O5S/c1-9-18(11(3)27)10(2)25-19(9)14(28)8-31-17(29)7-16-20(30)26-13-6-12(21(22,23)24)4-5-15(13)32-16/h4-6,16,25H,7-8H2,1-3H3,(H,26,30). The van der Waals surface area contributed by atoms with Gasteiger partial charge in [-0.25, -0.2) is 0 Å². The topological polar surface area (TPSA) is 105 Å². The number of H-pyrrole nitrogens is 1. The summed E-state index contributed by atoms with van der Waals surface area (Å²) in [6, 6.07) is 2.96. The number of anilines is 1. The van der Waals surface area contributed by atoms with E-state index in [0.29, 0.717) is 21.7 Å². The molecule has 0 radical (unpaired) electrons. The van der Waals surface area contributed by atoms with Crippen LogP contribution in [0, 0.1) is 13.8 Å². The first-order valence-corrected chi connectivity index (χ1v) is 10.3. The number of ketones is 2. The van der Waals surface area contributed by atoms with E-state index in [1.54, 1.807) is 13.8 Å². The Morgan fingerprint density at radius 1 is 1.19 bits per heavy atom. The molecule has 1 aliphatic heterocycles. The van der Waals surface area contributed by atoms with Gasteiger partial charge in [0.1, 0.15) is 0 Å². The molecule has 0 fully saturated rings. The van der Waals surface area contributed by atoms with E-state index >= 15 is 0 Å². The van der Waals surface area contributed by atoms with E-state index in [1.165, 1.54) is 13.0 Å². The Labute approximate surface area is 185 Å². The van der Waals surface area contributed by atoms with Gasteiger partial charge in [-0.2, -0.15) is 13.2 Å². The zero-order valence-corrected chi connectivity index (χ0v) is 18.1. The van der Waals surface area contributed by atoms with Crippen molar-refractivity contribution in [3.63, 3.8) is 0 Å². The number of carbonyl (C=O) groups excluding carboxylic acids is 4. The minimum Gasteiger partial charge on any atom is -0.457 e. The number of carbonyl (C=O) groups is 4. The molecule has 32 heavy (non-hydrogen) atoms. The average Bonchev–Trinajstić information content (AvgIpc) is 2.99. The van der Waals surface area contributed by atoms with Gasteiger partial charge in [-0.1, -0.05) is 0 Å². The molecule has 0 saturated carbocycles. The van der Waals surface area contributed by atoms with E-state index in [0.717, 1.165) is 23.9 Å². The van der Waals surface area contributed by atoms with Crippen LogP contribution in [0.4, 0.5) is 18.9 Å². The fourth-order valence-corrected chi connectivity index (χ4v) is 4.52. The summed E-state index contributed by atoms with van der Waals surface area (Å²) in [7, 11) is 0. The van der Waals surface area contributed by atoms with Crippen LogP contribution in [0.5, 0.6) is 0 Å². The molecule has 2 heterocycles. The van der Waals surface area contributed by atoms with Crippen LogP contribution in [0.1, 0.15) is 51.0 Å². The van der Waals surface area contributed by atoms with Crippen molar-refractivity contribution in [2.75, 3.05) is 11.9 Å². The number of halogens is 3. The molecule has 2 N–H and O–H groups in total. The number of aryl methyl sites for hydroxylation is 1. The van der Waals surface area contributed by atoms with Gasteiger partial charge in [-0.3, -0.25) is 19.2 Å². The summed E-state index contributed by atoms with van der Waals surface area (Å²) in [5.74, 6) is -2.17. The number of aromatic nitrogens is 1. The highest BCUT2D eigenvalue weighted by atomic mass is 32.2. The van der Waals surface area contributed by atoms with Crippen molar-refractivity contribution in [2.24, 2.45) is 0 Å². The lowest BCUT2D eigenvalue weighted by Gasteiger charge is -2.24. The summed E-state index contributed by atoms with van der Waals surface area (Å²) in [5, 5.41) is 1.46. The number of ether oxygens (including phenoxy) is 1. The van der Waals surface area contributed by atoms with Crippen LogP contribution in [0.15, 0.2) is 23.1 Å². The predicted octanol–water partition coefficient (Wildman–Crippen LogP) is 4.08. The maximum atomic E-state index is 12.8. The van der Waals surface area contributed by atoms with Crippen LogP contribution in [-0.2, 0) is 20.5 Å². The van der Waals surface area contributed by atoms with Crippen LogP contribution in [-0.4, -0.2) is 40.3 Å². The van der Waals surface area contributed by atoms with Gasteiger partial charge in [0.15, 0.2) is 12.4 Å². The molecule has 0 aliphatic carbocycles. The summed E-state index contributed by atoms with van der Waals surface area (Å²) >= 11 is 0.946. The largest absolute Gasteiger partial charge is 0.457 e. The third-order valence-electron chi connectivity index (χ3n) is 4.91. The third kappa shape index (κ3) is 4.87. The Bertz CT molecular complexity index is 1120.